The largest absolute Gasteiger partial charge is 0.479 e. The molecule has 0 bridgehead atoms. The summed E-state index contributed by atoms with van der Waals surface area (Å²) in [5, 5.41) is 12.2. The van der Waals surface area contributed by atoms with Gasteiger partial charge in [-0.05, 0) is 41.5 Å². The van der Waals surface area contributed by atoms with Crippen molar-refractivity contribution in [2.45, 2.75) is 50.1 Å². The molecule has 1 atom stereocenters. The molecule has 0 heterocycles. The number of alkyl carbamates (subject to hydrolysis) is 1. The van der Waals surface area contributed by atoms with Gasteiger partial charge in [-0.2, -0.15) is 0 Å². The first-order valence-corrected chi connectivity index (χ1v) is 11.0. The average molecular weight is 437 g/mol. The van der Waals surface area contributed by atoms with Crippen LogP contribution in [-0.4, -0.2) is 53.2 Å². The van der Waals surface area contributed by atoms with E-state index in [-0.39, 0.29) is 24.9 Å². The molecule has 0 radical (unpaired) electrons. The van der Waals surface area contributed by atoms with Crippen LogP contribution in [0.25, 0.3) is 11.1 Å². The van der Waals surface area contributed by atoms with Crippen LogP contribution in [0.3, 0.4) is 0 Å². The van der Waals surface area contributed by atoms with E-state index in [4.69, 9.17) is 4.74 Å². The smallest absolute Gasteiger partial charge is 0.407 e. The van der Waals surface area contributed by atoms with Crippen LogP contribution in [0.2, 0.25) is 0 Å². The molecule has 2 N–H and O–H groups in total. The zero-order valence-corrected chi connectivity index (χ0v) is 18.3. The summed E-state index contributed by atoms with van der Waals surface area (Å²) in [6.45, 7) is 2.07. The molecule has 168 valence electrons. The number of ether oxygens (including phenoxy) is 1. The molecular weight excluding hydrogens is 408 g/mol. The summed E-state index contributed by atoms with van der Waals surface area (Å²) in [6, 6.07) is 15.8. The highest BCUT2D eigenvalue weighted by molar-refractivity contribution is 5.89. The predicted octanol–water partition coefficient (Wildman–Crippen LogP) is 3.77. The summed E-state index contributed by atoms with van der Waals surface area (Å²) in [6.07, 6.45) is 0.909. The molecule has 32 heavy (non-hydrogen) atoms. The molecule has 1 saturated carbocycles. The highest BCUT2D eigenvalue weighted by Crippen LogP contribution is 2.44. The topological polar surface area (TPSA) is 95.9 Å². The molecule has 1 fully saturated rings. The Bertz CT molecular complexity index is 1000. The monoisotopic (exact) mass is 436 g/mol. The second kappa shape index (κ2) is 8.65. The van der Waals surface area contributed by atoms with Crippen LogP contribution < -0.4 is 5.32 Å². The first kappa shape index (κ1) is 21.9. The van der Waals surface area contributed by atoms with Crippen LogP contribution >= 0.6 is 0 Å². The lowest BCUT2D eigenvalue weighted by Crippen LogP contribution is -2.47. The number of likely N-dealkylation sites (N-methyl/N-ethyl adjacent to an activating group) is 1. The van der Waals surface area contributed by atoms with E-state index in [2.05, 4.69) is 29.6 Å². The minimum absolute atomic E-state index is 0.0340. The summed E-state index contributed by atoms with van der Waals surface area (Å²) in [4.78, 5) is 37.9. The van der Waals surface area contributed by atoms with Gasteiger partial charge < -0.3 is 20.1 Å². The van der Waals surface area contributed by atoms with E-state index in [9.17, 15) is 19.5 Å². The van der Waals surface area contributed by atoms with Gasteiger partial charge in [0.05, 0.1) is 0 Å². The highest BCUT2D eigenvalue weighted by Gasteiger charge is 2.55. The Kier molecular flexibility index (Phi) is 5.91. The summed E-state index contributed by atoms with van der Waals surface area (Å²) < 4.78 is 5.56. The third-order valence-corrected chi connectivity index (χ3v) is 6.72. The quantitative estimate of drug-likeness (QED) is 0.657. The van der Waals surface area contributed by atoms with Crippen molar-refractivity contribution in [3.63, 3.8) is 0 Å². The van der Waals surface area contributed by atoms with Crippen LogP contribution in [0, 0.1) is 0 Å². The van der Waals surface area contributed by atoms with Crippen molar-refractivity contribution in [3.8, 4) is 11.1 Å². The SMILES string of the molecule is CC[C@@H](CC(=O)N(C)C1(C(=O)O)CC1)NC(=O)OCC1c2ccccc2-c2ccccc21. The zero-order chi connectivity index (χ0) is 22.9. The molecule has 2 aromatic carbocycles. The van der Waals surface area contributed by atoms with Crippen molar-refractivity contribution in [3.05, 3.63) is 59.7 Å². The Morgan fingerprint density at radius 3 is 2.16 bits per heavy atom. The number of hydrogen-bond acceptors (Lipinski definition) is 4. The molecule has 7 heteroatoms. The maximum atomic E-state index is 12.6. The third-order valence-electron chi connectivity index (χ3n) is 6.72. The Balaban J connectivity index is 1.35. The van der Waals surface area contributed by atoms with Gasteiger partial charge in [0.15, 0.2) is 0 Å². The van der Waals surface area contributed by atoms with Crippen molar-refractivity contribution in [2.24, 2.45) is 0 Å². The molecule has 2 aliphatic carbocycles. The molecule has 4 rings (SSSR count). The van der Waals surface area contributed by atoms with Gasteiger partial charge >= 0.3 is 12.1 Å². The summed E-state index contributed by atoms with van der Waals surface area (Å²) >= 11 is 0. The number of carbonyl (C=O) groups is 3. The standard InChI is InChI=1S/C25H28N2O5/c1-3-16(14-22(28)27(2)25(12-13-25)23(29)30)26-24(31)32-15-21-19-10-6-4-8-17(19)18-9-5-7-11-20(18)21/h4-11,16,21H,3,12-15H2,1-2H3,(H,26,31)(H,29,30)/t16-/m0/s1. The van der Waals surface area contributed by atoms with Crippen molar-refractivity contribution in [2.75, 3.05) is 13.7 Å². The van der Waals surface area contributed by atoms with Gasteiger partial charge in [0, 0.05) is 25.4 Å². The van der Waals surface area contributed by atoms with Gasteiger partial charge in [-0.15, -0.1) is 0 Å². The molecule has 0 spiro atoms. The number of carboxylic acids is 1. The van der Waals surface area contributed by atoms with Gasteiger partial charge in [0.25, 0.3) is 0 Å². The lowest BCUT2D eigenvalue weighted by Gasteiger charge is -2.26. The maximum Gasteiger partial charge on any atom is 0.407 e. The number of aliphatic carboxylic acids is 1. The first-order valence-electron chi connectivity index (χ1n) is 11.0. The number of amides is 2. The molecular formula is C25H28N2O5. The van der Waals surface area contributed by atoms with Crippen molar-refractivity contribution < 1.29 is 24.2 Å². The first-order chi connectivity index (χ1) is 15.4. The van der Waals surface area contributed by atoms with Crippen LogP contribution in [0.4, 0.5) is 4.79 Å². The lowest BCUT2D eigenvalue weighted by molar-refractivity contribution is -0.151. The molecule has 2 aromatic rings. The maximum absolute atomic E-state index is 12.6. The number of hydrogen-bond donors (Lipinski definition) is 2. The second-order valence-electron chi connectivity index (χ2n) is 8.57. The van der Waals surface area contributed by atoms with Crippen molar-refractivity contribution in [1.29, 1.82) is 0 Å². The minimum atomic E-state index is -1.08. The Morgan fingerprint density at radius 1 is 1.09 bits per heavy atom. The van der Waals surface area contributed by atoms with Crippen LogP contribution in [0.5, 0.6) is 0 Å². The number of fused-ring (bicyclic) bond motifs is 3. The number of rotatable bonds is 8. The van der Waals surface area contributed by atoms with E-state index in [1.165, 1.54) is 11.9 Å². The van der Waals surface area contributed by atoms with Gasteiger partial charge in [0.1, 0.15) is 12.1 Å². The number of nitrogens with one attached hydrogen (secondary N) is 1. The van der Waals surface area contributed by atoms with E-state index in [1.54, 1.807) is 0 Å². The third kappa shape index (κ3) is 3.95. The van der Waals surface area contributed by atoms with E-state index < -0.39 is 23.6 Å². The summed E-state index contributed by atoms with van der Waals surface area (Å²) in [5.41, 5.74) is 3.50. The summed E-state index contributed by atoms with van der Waals surface area (Å²) in [7, 11) is 1.52. The van der Waals surface area contributed by atoms with Gasteiger partial charge in [-0.3, -0.25) is 4.79 Å². The molecule has 0 unspecified atom stereocenters. The van der Waals surface area contributed by atoms with Crippen LogP contribution in [0.1, 0.15) is 49.7 Å². The Labute approximate surface area is 187 Å². The predicted molar refractivity (Wildman–Crippen MR) is 119 cm³/mol. The number of benzene rings is 2. The number of nitrogens with zero attached hydrogens (tertiary/aromatic N) is 1. The van der Waals surface area contributed by atoms with E-state index in [0.717, 1.165) is 22.3 Å². The van der Waals surface area contributed by atoms with E-state index in [1.807, 2.05) is 31.2 Å². The van der Waals surface area contributed by atoms with Crippen molar-refractivity contribution in [1.82, 2.24) is 10.2 Å². The fourth-order valence-corrected chi connectivity index (χ4v) is 4.50. The molecule has 2 amide bonds. The lowest BCUT2D eigenvalue weighted by atomic mass is 9.98. The van der Waals surface area contributed by atoms with Gasteiger partial charge in [-0.25, -0.2) is 9.59 Å². The molecule has 0 aromatic heterocycles. The van der Waals surface area contributed by atoms with Gasteiger partial charge in [0.2, 0.25) is 5.91 Å². The van der Waals surface area contributed by atoms with E-state index >= 15 is 0 Å². The fourth-order valence-electron chi connectivity index (χ4n) is 4.50. The molecule has 0 aliphatic heterocycles. The normalized spacial score (nSPS) is 16.4. The van der Waals surface area contributed by atoms with E-state index in [0.29, 0.717) is 19.3 Å². The number of carbonyl (C=O) groups excluding carboxylic acids is 2. The van der Waals surface area contributed by atoms with Crippen LogP contribution in [0.15, 0.2) is 48.5 Å². The highest BCUT2D eigenvalue weighted by atomic mass is 16.5. The summed E-state index contributed by atoms with van der Waals surface area (Å²) in [5.74, 6) is -1.31. The number of carboxylic acid groups (broad SMARTS) is 1. The fraction of sp³-hybridized carbons (Fsp3) is 0.400. The second-order valence-corrected chi connectivity index (χ2v) is 8.57. The molecule has 0 saturated heterocycles. The Morgan fingerprint density at radius 2 is 1.66 bits per heavy atom. The molecule has 7 nitrogen and oxygen atoms in total. The minimum Gasteiger partial charge on any atom is -0.479 e. The van der Waals surface area contributed by atoms with Crippen LogP contribution in [-0.2, 0) is 14.3 Å². The zero-order valence-electron chi connectivity index (χ0n) is 18.3. The molecule has 2 aliphatic rings. The van der Waals surface area contributed by atoms with Crippen molar-refractivity contribution >= 4 is 18.0 Å². The van der Waals surface area contributed by atoms with Gasteiger partial charge in [-0.1, -0.05) is 55.5 Å². The average Bonchev–Trinajstić information content (AvgIpc) is 3.55. The Hall–Kier alpha value is -3.35.